The lowest BCUT2D eigenvalue weighted by Gasteiger charge is -2.22. The molecule has 2 aliphatic rings. The fourth-order valence-electron chi connectivity index (χ4n) is 4.52. The van der Waals surface area contributed by atoms with Gasteiger partial charge < -0.3 is 19.3 Å². The van der Waals surface area contributed by atoms with E-state index in [4.69, 9.17) is 4.74 Å². The molecule has 2 aromatic carbocycles. The molecule has 0 spiro atoms. The van der Waals surface area contributed by atoms with E-state index in [-0.39, 0.29) is 36.3 Å². The van der Waals surface area contributed by atoms with Crippen molar-refractivity contribution < 1.29 is 27.8 Å². The van der Waals surface area contributed by atoms with Crippen molar-refractivity contribution in [2.75, 3.05) is 25.6 Å². The molecule has 0 aromatic heterocycles. The molecule has 1 fully saturated rings. The van der Waals surface area contributed by atoms with Gasteiger partial charge in [-0.1, -0.05) is 12.1 Å². The average Bonchev–Trinajstić information content (AvgIpc) is 3.39. The fraction of sp³-hybridized carbons (Fsp3) is 0.417. The summed E-state index contributed by atoms with van der Waals surface area (Å²) >= 11 is 0. The van der Waals surface area contributed by atoms with Crippen LogP contribution < -0.4 is 14.4 Å². The molecular formula is C24H26F2N2O4. The third-order valence-electron chi connectivity index (χ3n) is 6.11. The maximum absolute atomic E-state index is 13.0. The fourth-order valence-corrected chi connectivity index (χ4v) is 4.52. The Hall–Kier alpha value is -3.16. The Morgan fingerprint density at radius 1 is 1.16 bits per heavy atom. The van der Waals surface area contributed by atoms with Crippen LogP contribution in [0.25, 0.3) is 0 Å². The quantitative estimate of drug-likeness (QED) is 0.652. The summed E-state index contributed by atoms with van der Waals surface area (Å²) in [6.07, 6.45) is 3.42. The number of nitrogens with zero attached hydrogens (tertiary/aromatic N) is 2. The molecule has 32 heavy (non-hydrogen) atoms. The first-order valence-electron chi connectivity index (χ1n) is 10.6. The number of benzene rings is 2. The standard InChI is InChI=1S/C24H26F2N2O4/c1-27(13-15-6-9-20(32-24(25)26)21(10-15)31-2)23(30)18-12-22(29)28(14-18)19-8-7-16-4-3-5-17(16)11-19/h6-11,18,24H,3-5,12-14H2,1-2H3/t18-/m1/s1. The van der Waals surface area contributed by atoms with E-state index in [0.717, 1.165) is 24.9 Å². The van der Waals surface area contributed by atoms with Crippen molar-refractivity contribution in [3.8, 4) is 11.5 Å². The maximum Gasteiger partial charge on any atom is 0.387 e. The molecule has 2 amide bonds. The second kappa shape index (κ2) is 9.14. The largest absolute Gasteiger partial charge is 0.493 e. The van der Waals surface area contributed by atoms with Gasteiger partial charge in [-0.3, -0.25) is 9.59 Å². The number of aryl methyl sites for hydroxylation is 2. The summed E-state index contributed by atoms with van der Waals surface area (Å²) < 4.78 is 34.6. The Bertz CT molecular complexity index is 1030. The van der Waals surface area contributed by atoms with E-state index in [2.05, 4.69) is 16.9 Å². The van der Waals surface area contributed by atoms with Crippen molar-refractivity contribution in [1.29, 1.82) is 0 Å². The molecule has 0 radical (unpaired) electrons. The van der Waals surface area contributed by atoms with Crippen LogP contribution in [0.4, 0.5) is 14.5 Å². The average molecular weight is 444 g/mol. The summed E-state index contributed by atoms with van der Waals surface area (Å²) in [6.45, 7) is -2.34. The number of alkyl halides is 2. The lowest BCUT2D eigenvalue weighted by atomic mass is 10.1. The van der Waals surface area contributed by atoms with Crippen LogP contribution in [0.2, 0.25) is 0 Å². The Morgan fingerprint density at radius 2 is 1.94 bits per heavy atom. The summed E-state index contributed by atoms with van der Waals surface area (Å²) in [7, 11) is 3.03. The molecule has 4 rings (SSSR count). The van der Waals surface area contributed by atoms with Crippen molar-refractivity contribution >= 4 is 17.5 Å². The molecule has 0 N–H and O–H groups in total. The predicted octanol–water partition coefficient (Wildman–Crippen LogP) is 3.80. The van der Waals surface area contributed by atoms with Crippen molar-refractivity contribution in [3.05, 3.63) is 53.1 Å². The first-order chi connectivity index (χ1) is 15.4. The topological polar surface area (TPSA) is 59.1 Å². The minimum Gasteiger partial charge on any atom is -0.493 e. The van der Waals surface area contributed by atoms with E-state index >= 15 is 0 Å². The van der Waals surface area contributed by atoms with Gasteiger partial charge in [-0.15, -0.1) is 0 Å². The number of methoxy groups -OCH3 is 1. The molecule has 1 heterocycles. The second-order valence-electron chi connectivity index (χ2n) is 8.27. The molecule has 0 bridgehead atoms. The van der Waals surface area contributed by atoms with Gasteiger partial charge in [0.05, 0.1) is 13.0 Å². The van der Waals surface area contributed by atoms with Gasteiger partial charge in [-0.2, -0.15) is 8.78 Å². The predicted molar refractivity (Wildman–Crippen MR) is 115 cm³/mol. The number of amides is 2. The van der Waals surface area contributed by atoms with Gasteiger partial charge in [0.2, 0.25) is 11.8 Å². The van der Waals surface area contributed by atoms with E-state index in [9.17, 15) is 18.4 Å². The van der Waals surface area contributed by atoms with Crippen LogP contribution in [0.5, 0.6) is 11.5 Å². The van der Waals surface area contributed by atoms with Crippen molar-refractivity contribution in [3.63, 3.8) is 0 Å². The number of ether oxygens (including phenoxy) is 2. The number of anilines is 1. The molecule has 1 aliphatic heterocycles. The molecule has 6 nitrogen and oxygen atoms in total. The summed E-state index contributed by atoms with van der Waals surface area (Å²) in [6, 6.07) is 10.7. The third-order valence-corrected chi connectivity index (χ3v) is 6.11. The van der Waals surface area contributed by atoms with Crippen molar-refractivity contribution in [2.24, 2.45) is 5.92 Å². The first kappa shape index (κ1) is 22.0. The lowest BCUT2D eigenvalue weighted by molar-refractivity contribution is -0.135. The molecule has 0 unspecified atom stereocenters. The zero-order valence-electron chi connectivity index (χ0n) is 18.1. The van der Waals surface area contributed by atoms with E-state index in [1.54, 1.807) is 29.0 Å². The normalized spacial score (nSPS) is 17.6. The summed E-state index contributed by atoms with van der Waals surface area (Å²) in [5.41, 5.74) is 4.19. The van der Waals surface area contributed by atoms with Crippen LogP contribution in [-0.2, 0) is 29.0 Å². The van der Waals surface area contributed by atoms with Gasteiger partial charge >= 0.3 is 6.61 Å². The number of rotatable bonds is 7. The highest BCUT2D eigenvalue weighted by atomic mass is 19.3. The number of carbonyl (C=O) groups excluding carboxylic acids is 2. The van der Waals surface area contributed by atoms with E-state index in [1.165, 1.54) is 24.3 Å². The molecule has 1 atom stereocenters. The van der Waals surface area contributed by atoms with E-state index < -0.39 is 12.5 Å². The van der Waals surface area contributed by atoms with E-state index in [0.29, 0.717) is 12.1 Å². The molecule has 0 saturated carbocycles. The van der Waals surface area contributed by atoms with Gasteiger partial charge in [0.15, 0.2) is 11.5 Å². The molecule has 170 valence electrons. The Kier molecular flexibility index (Phi) is 6.30. The highest BCUT2D eigenvalue weighted by molar-refractivity contribution is 6.00. The minimum absolute atomic E-state index is 0.0510. The Balaban J connectivity index is 1.41. The highest BCUT2D eigenvalue weighted by Gasteiger charge is 2.36. The van der Waals surface area contributed by atoms with Gasteiger partial charge in [0.1, 0.15) is 0 Å². The Labute approximate surface area is 185 Å². The summed E-state index contributed by atoms with van der Waals surface area (Å²) in [4.78, 5) is 28.9. The molecule has 2 aromatic rings. The van der Waals surface area contributed by atoms with Crippen molar-refractivity contribution in [2.45, 2.75) is 38.8 Å². The van der Waals surface area contributed by atoms with Crippen LogP contribution >= 0.6 is 0 Å². The van der Waals surface area contributed by atoms with Crippen LogP contribution in [0, 0.1) is 5.92 Å². The first-order valence-corrected chi connectivity index (χ1v) is 10.6. The van der Waals surface area contributed by atoms with Crippen LogP contribution in [-0.4, -0.2) is 44.0 Å². The number of hydrogen-bond acceptors (Lipinski definition) is 4. The molecular weight excluding hydrogens is 418 g/mol. The van der Waals surface area contributed by atoms with Gasteiger partial charge in [-0.25, -0.2) is 0 Å². The number of hydrogen-bond donors (Lipinski definition) is 0. The maximum atomic E-state index is 13.0. The highest BCUT2D eigenvalue weighted by Crippen LogP contribution is 2.32. The number of halogens is 2. The molecule has 1 saturated heterocycles. The second-order valence-corrected chi connectivity index (χ2v) is 8.27. The minimum atomic E-state index is -2.95. The van der Waals surface area contributed by atoms with Gasteiger partial charge in [0, 0.05) is 32.2 Å². The van der Waals surface area contributed by atoms with E-state index in [1.807, 2.05) is 6.07 Å². The monoisotopic (exact) mass is 444 g/mol. The Morgan fingerprint density at radius 3 is 2.69 bits per heavy atom. The van der Waals surface area contributed by atoms with Crippen LogP contribution in [0.1, 0.15) is 29.5 Å². The third kappa shape index (κ3) is 4.54. The lowest BCUT2D eigenvalue weighted by Crippen LogP contribution is -2.34. The van der Waals surface area contributed by atoms with Crippen molar-refractivity contribution in [1.82, 2.24) is 4.90 Å². The summed E-state index contributed by atoms with van der Waals surface area (Å²) in [5, 5.41) is 0. The van der Waals surface area contributed by atoms with Crippen LogP contribution in [0.3, 0.4) is 0 Å². The smallest absolute Gasteiger partial charge is 0.387 e. The summed E-state index contributed by atoms with van der Waals surface area (Å²) in [5.74, 6) is -0.503. The number of carbonyl (C=O) groups is 2. The SMILES string of the molecule is COc1cc(CN(C)C(=O)[C@@H]2CC(=O)N(c3ccc4c(c3)CCC4)C2)ccc1OC(F)F. The zero-order valence-corrected chi connectivity index (χ0v) is 18.1. The van der Waals surface area contributed by atoms with Gasteiger partial charge in [-0.05, 0) is 60.2 Å². The molecule has 1 aliphatic carbocycles. The zero-order chi connectivity index (χ0) is 22.8. The molecule has 8 heteroatoms. The number of fused-ring (bicyclic) bond motifs is 1. The van der Waals surface area contributed by atoms with Crippen LogP contribution in [0.15, 0.2) is 36.4 Å². The van der Waals surface area contributed by atoms with Gasteiger partial charge in [0.25, 0.3) is 0 Å².